The number of benzene rings is 2. The van der Waals surface area contributed by atoms with E-state index in [1.807, 2.05) is 48.0 Å². The zero-order valence-electron chi connectivity index (χ0n) is 21.1. The van der Waals surface area contributed by atoms with Crippen LogP contribution in [0.3, 0.4) is 0 Å². The van der Waals surface area contributed by atoms with Gasteiger partial charge in [-0.2, -0.15) is 5.10 Å². The second kappa shape index (κ2) is 9.68. The average molecular weight is 503 g/mol. The summed E-state index contributed by atoms with van der Waals surface area (Å²) in [5.41, 5.74) is 5.33. The van der Waals surface area contributed by atoms with E-state index < -0.39 is 0 Å². The molecule has 5 nitrogen and oxygen atoms in total. The molecule has 188 valence electrons. The molecule has 0 unspecified atom stereocenters. The van der Waals surface area contributed by atoms with Crippen molar-refractivity contribution in [1.82, 2.24) is 20.4 Å². The fraction of sp³-hybridized carbons (Fsp3) is 0.467. The van der Waals surface area contributed by atoms with Gasteiger partial charge in [0.05, 0.1) is 11.4 Å². The SMILES string of the molecule is Cc1ccc(-n2nc(C(=O)NCCNC3C4CC5CC(C4)CC3C5)c(C)c2-c2ccc(Cl)cc2)cc1. The molecule has 4 saturated carbocycles. The predicted molar refractivity (Wildman–Crippen MR) is 145 cm³/mol. The number of rotatable bonds is 7. The third kappa shape index (κ3) is 4.48. The molecule has 2 aromatic carbocycles. The molecule has 4 bridgehead atoms. The van der Waals surface area contributed by atoms with Gasteiger partial charge in [-0.15, -0.1) is 0 Å². The second-order valence-corrected chi connectivity index (χ2v) is 11.7. The van der Waals surface area contributed by atoms with E-state index in [9.17, 15) is 4.79 Å². The highest BCUT2D eigenvalue weighted by Crippen LogP contribution is 2.53. The van der Waals surface area contributed by atoms with Gasteiger partial charge in [-0.25, -0.2) is 4.68 Å². The first-order valence-electron chi connectivity index (χ1n) is 13.4. The highest BCUT2D eigenvalue weighted by Gasteiger charge is 2.47. The van der Waals surface area contributed by atoms with E-state index >= 15 is 0 Å². The van der Waals surface area contributed by atoms with Crippen LogP contribution >= 0.6 is 11.6 Å². The smallest absolute Gasteiger partial charge is 0.272 e. The average Bonchev–Trinajstić information content (AvgIpc) is 3.20. The number of hydrogen-bond donors (Lipinski definition) is 2. The van der Waals surface area contributed by atoms with Gasteiger partial charge in [0.15, 0.2) is 5.69 Å². The Balaban J connectivity index is 1.17. The Morgan fingerprint density at radius 2 is 1.56 bits per heavy atom. The highest BCUT2D eigenvalue weighted by molar-refractivity contribution is 6.30. The molecule has 1 aromatic heterocycles. The van der Waals surface area contributed by atoms with Crippen molar-refractivity contribution in [3.8, 4) is 16.9 Å². The minimum absolute atomic E-state index is 0.125. The molecule has 0 radical (unpaired) electrons. The normalized spacial score (nSPS) is 26.4. The van der Waals surface area contributed by atoms with Crippen molar-refractivity contribution in [1.29, 1.82) is 0 Å². The number of nitrogens with one attached hydrogen (secondary N) is 2. The summed E-state index contributed by atoms with van der Waals surface area (Å²) in [5.74, 6) is 3.51. The maximum Gasteiger partial charge on any atom is 0.272 e. The van der Waals surface area contributed by atoms with Gasteiger partial charge in [0.2, 0.25) is 0 Å². The van der Waals surface area contributed by atoms with Gasteiger partial charge in [0, 0.05) is 35.3 Å². The lowest BCUT2D eigenvalue weighted by atomic mass is 9.54. The highest BCUT2D eigenvalue weighted by atomic mass is 35.5. The van der Waals surface area contributed by atoms with E-state index in [4.69, 9.17) is 16.7 Å². The number of amides is 1. The van der Waals surface area contributed by atoms with Crippen LogP contribution in [0, 0.1) is 37.5 Å². The van der Waals surface area contributed by atoms with Crippen molar-refractivity contribution in [2.45, 2.75) is 52.0 Å². The predicted octanol–water partition coefficient (Wildman–Crippen LogP) is 5.95. The van der Waals surface area contributed by atoms with Crippen molar-refractivity contribution in [2.75, 3.05) is 13.1 Å². The molecule has 4 fully saturated rings. The van der Waals surface area contributed by atoms with Crippen LogP contribution in [0.25, 0.3) is 16.9 Å². The van der Waals surface area contributed by atoms with Gasteiger partial charge in [0.25, 0.3) is 5.91 Å². The molecule has 3 aromatic rings. The molecule has 4 aliphatic rings. The molecule has 6 heteroatoms. The molecule has 36 heavy (non-hydrogen) atoms. The van der Waals surface area contributed by atoms with Gasteiger partial charge in [0.1, 0.15) is 0 Å². The van der Waals surface area contributed by atoms with Crippen molar-refractivity contribution in [2.24, 2.45) is 23.7 Å². The monoisotopic (exact) mass is 502 g/mol. The summed E-state index contributed by atoms with van der Waals surface area (Å²) in [6.45, 7) is 5.45. The van der Waals surface area contributed by atoms with Crippen LogP contribution in [0.2, 0.25) is 5.02 Å². The van der Waals surface area contributed by atoms with Gasteiger partial charge in [-0.1, -0.05) is 41.4 Å². The van der Waals surface area contributed by atoms with Crippen LogP contribution in [0.15, 0.2) is 48.5 Å². The van der Waals surface area contributed by atoms with Crippen LogP contribution in [0.4, 0.5) is 0 Å². The summed E-state index contributed by atoms with van der Waals surface area (Å²) in [7, 11) is 0. The van der Waals surface area contributed by atoms with Crippen LogP contribution in [-0.2, 0) is 0 Å². The number of halogens is 1. The number of carbonyl (C=O) groups excluding carboxylic acids is 1. The second-order valence-electron chi connectivity index (χ2n) is 11.2. The van der Waals surface area contributed by atoms with Gasteiger partial charge in [-0.05, 0) is 93.9 Å². The Morgan fingerprint density at radius 3 is 2.19 bits per heavy atom. The van der Waals surface area contributed by atoms with Gasteiger partial charge in [-0.3, -0.25) is 4.79 Å². The zero-order valence-corrected chi connectivity index (χ0v) is 21.9. The third-order valence-electron chi connectivity index (χ3n) is 8.75. The molecule has 4 aliphatic carbocycles. The van der Waals surface area contributed by atoms with Crippen molar-refractivity contribution in [3.63, 3.8) is 0 Å². The molecule has 7 rings (SSSR count). The number of carbonyl (C=O) groups is 1. The number of aryl methyl sites for hydroxylation is 1. The molecule has 0 atom stereocenters. The number of hydrogen-bond acceptors (Lipinski definition) is 3. The maximum atomic E-state index is 13.3. The minimum atomic E-state index is -0.125. The van der Waals surface area contributed by atoms with Gasteiger partial charge >= 0.3 is 0 Å². The van der Waals surface area contributed by atoms with Crippen LogP contribution < -0.4 is 10.6 Å². The van der Waals surface area contributed by atoms with Crippen LogP contribution in [0.1, 0.15) is 53.7 Å². The molecule has 0 aliphatic heterocycles. The van der Waals surface area contributed by atoms with E-state index in [1.165, 1.54) is 37.7 Å². The van der Waals surface area contributed by atoms with E-state index in [-0.39, 0.29) is 5.91 Å². The zero-order chi connectivity index (χ0) is 24.8. The molecule has 0 spiro atoms. The van der Waals surface area contributed by atoms with E-state index in [2.05, 4.69) is 29.7 Å². The summed E-state index contributed by atoms with van der Waals surface area (Å²) < 4.78 is 1.87. The summed E-state index contributed by atoms with van der Waals surface area (Å²) in [5, 5.41) is 12.4. The van der Waals surface area contributed by atoms with Crippen LogP contribution in [0.5, 0.6) is 0 Å². The molecular formula is C30H35ClN4O. The maximum absolute atomic E-state index is 13.3. The Kier molecular flexibility index (Phi) is 6.38. The van der Waals surface area contributed by atoms with E-state index in [1.54, 1.807) is 0 Å². The molecule has 1 amide bonds. The quantitative estimate of drug-likeness (QED) is 0.392. The standard InChI is InChI=1S/C30H35ClN4O/c1-18-3-9-26(10-4-18)35-29(22-5-7-25(31)8-6-22)19(2)27(34-35)30(36)33-12-11-32-28-23-14-20-13-21(16-23)17-24(28)15-20/h3-10,20-21,23-24,28,32H,11-17H2,1-2H3,(H,33,36). The fourth-order valence-corrected chi connectivity index (χ4v) is 7.41. The Hall–Kier alpha value is -2.63. The van der Waals surface area contributed by atoms with E-state index in [0.717, 1.165) is 52.7 Å². The minimum Gasteiger partial charge on any atom is -0.349 e. The summed E-state index contributed by atoms with van der Waals surface area (Å²) in [6.07, 6.45) is 7.09. The van der Waals surface area contributed by atoms with Crippen molar-refractivity contribution >= 4 is 17.5 Å². The Labute approximate surface area is 218 Å². The lowest BCUT2D eigenvalue weighted by Gasteiger charge is -2.54. The Bertz CT molecular complexity index is 1220. The first kappa shape index (κ1) is 23.7. The molecule has 1 heterocycles. The lowest BCUT2D eigenvalue weighted by Crippen LogP contribution is -2.55. The van der Waals surface area contributed by atoms with Crippen molar-refractivity contribution in [3.05, 3.63) is 70.4 Å². The summed E-state index contributed by atoms with van der Waals surface area (Å²) in [4.78, 5) is 13.3. The molecule has 0 saturated heterocycles. The first-order chi connectivity index (χ1) is 17.5. The van der Waals surface area contributed by atoms with Crippen molar-refractivity contribution < 1.29 is 4.79 Å². The van der Waals surface area contributed by atoms with E-state index in [0.29, 0.717) is 23.3 Å². The number of nitrogens with zero attached hydrogens (tertiary/aromatic N) is 2. The van der Waals surface area contributed by atoms with Gasteiger partial charge < -0.3 is 10.6 Å². The molecular weight excluding hydrogens is 468 g/mol. The lowest BCUT2D eigenvalue weighted by molar-refractivity contribution is -0.0133. The molecule has 2 N–H and O–H groups in total. The largest absolute Gasteiger partial charge is 0.349 e. The summed E-state index contributed by atoms with van der Waals surface area (Å²) in [6, 6.07) is 16.5. The third-order valence-corrected chi connectivity index (χ3v) is 9.00. The summed E-state index contributed by atoms with van der Waals surface area (Å²) >= 11 is 6.14. The first-order valence-corrected chi connectivity index (χ1v) is 13.8. The Morgan fingerprint density at radius 1 is 0.917 bits per heavy atom. The van der Waals surface area contributed by atoms with Crippen LogP contribution in [-0.4, -0.2) is 34.8 Å². The topological polar surface area (TPSA) is 59.0 Å². The fourth-order valence-electron chi connectivity index (χ4n) is 7.29. The number of aromatic nitrogens is 2.